The van der Waals surface area contributed by atoms with Crippen LogP contribution in [-0.2, 0) is 11.2 Å². The van der Waals surface area contributed by atoms with Crippen LogP contribution in [0.4, 0.5) is 0 Å². The normalized spacial score (nSPS) is 10.6. The van der Waals surface area contributed by atoms with Gasteiger partial charge < -0.3 is 14.9 Å². The highest BCUT2D eigenvalue weighted by Crippen LogP contribution is 2.40. The van der Waals surface area contributed by atoms with Crippen molar-refractivity contribution in [3.05, 3.63) is 47.5 Å². The summed E-state index contributed by atoms with van der Waals surface area (Å²) in [5.41, 5.74) is 2.28. The third-order valence-electron chi connectivity index (χ3n) is 3.61. The number of phenols is 2. The molecule has 0 aliphatic heterocycles. The first-order valence-corrected chi connectivity index (χ1v) is 7.25. The second-order valence-electron chi connectivity index (χ2n) is 5.03. The molecule has 0 bridgehead atoms. The van der Waals surface area contributed by atoms with Crippen LogP contribution in [0.5, 0.6) is 11.5 Å². The molecule has 0 saturated carbocycles. The zero-order valence-electron chi connectivity index (χ0n) is 12.8. The Hall–Kier alpha value is -2.33. The molecule has 0 aliphatic carbocycles. The summed E-state index contributed by atoms with van der Waals surface area (Å²) in [6.07, 6.45) is 0.719. The molecule has 4 heteroatoms. The first-order valence-electron chi connectivity index (χ1n) is 7.25. The predicted molar refractivity (Wildman–Crippen MR) is 85.4 cm³/mol. The molecule has 2 aromatic rings. The molecule has 0 amide bonds. The van der Waals surface area contributed by atoms with Gasteiger partial charge in [-0.1, -0.05) is 37.3 Å². The number of phenolic OH excluding ortho intramolecular Hbond substituents is 2. The number of hydrogen-bond acceptors (Lipinski definition) is 4. The van der Waals surface area contributed by atoms with Gasteiger partial charge in [0, 0.05) is 25.2 Å². The lowest BCUT2D eigenvalue weighted by molar-refractivity contribution is 0.0984. The maximum Gasteiger partial charge on any atom is 0.166 e. The highest BCUT2D eigenvalue weighted by Gasteiger charge is 2.22. The van der Waals surface area contributed by atoms with E-state index in [9.17, 15) is 15.0 Å². The zero-order chi connectivity index (χ0) is 16.1. The van der Waals surface area contributed by atoms with Crippen molar-refractivity contribution in [3.8, 4) is 22.6 Å². The molecule has 2 N–H and O–H groups in total. The lowest BCUT2D eigenvalue weighted by atomic mass is 9.89. The highest BCUT2D eigenvalue weighted by molar-refractivity contribution is 6.02. The number of methoxy groups -OCH3 is 1. The monoisotopic (exact) mass is 300 g/mol. The van der Waals surface area contributed by atoms with Crippen molar-refractivity contribution >= 4 is 5.78 Å². The predicted octanol–water partition coefficient (Wildman–Crippen LogP) is 3.55. The molecular formula is C18H20O4. The quantitative estimate of drug-likeness (QED) is 0.801. The van der Waals surface area contributed by atoms with E-state index < -0.39 is 0 Å². The van der Waals surface area contributed by atoms with Gasteiger partial charge in [0.15, 0.2) is 5.78 Å². The first-order chi connectivity index (χ1) is 10.6. The number of Topliss-reactive ketones (excluding diaryl/α,β-unsaturated/α-hetero) is 1. The van der Waals surface area contributed by atoms with Gasteiger partial charge in [0.25, 0.3) is 0 Å². The number of carbonyl (C=O) groups excluding carboxylic acids is 1. The van der Waals surface area contributed by atoms with Crippen LogP contribution in [-0.4, -0.2) is 29.7 Å². The zero-order valence-corrected chi connectivity index (χ0v) is 12.8. The van der Waals surface area contributed by atoms with E-state index in [-0.39, 0.29) is 29.3 Å². The van der Waals surface area contributed by atoms with Crippen LogP contribution in [0.25, 0.3) is 11.1 Å². The molecule has 0 aliphatic rings. The molecule has 0 aromatic heterocycles. The number of ether oxygens (including phenoxy) is 1. The molecule has 0 saturated heterocycles. The van der Waals surface area contributed by atoms with Gasteiger partial charge in [-0.2, -0.15) is 0 Å². The van der Waals surface area contributed by atoms with Crippen LogP contribution in [0, 0.1) is 0 Å². The van der Waals surface area contributed by atoms with Crippen molar-refractivity contribution < 1.29 is 19.7 Å². The van der Waals surface area contributed by atoms with E-state index in [2.05, 4.69) is 0 Å². The van der Waals surface area contributed by atoms with Crippen molar-refractivity contribution in [2.24, 2.45) is 0 Å². The Labute approximate surface area is 130 Å². The van der Waals surface area contributed by atoms with Crippen LogP contribution in [0.3, 0.4) is 0 Å². The van der Waals surface area contributed by atoms with Gasteiger partial charge in [0.05, 0.1) is 12.2 Å². The van der Waals surface area contributed by atoms with Crippen molar-refractivity contribution in [1.82, 2.24) is 0 Å². The Kier molecular flexibility index (Phi) is 5.17. The average Bonchev–Trinajstić information content (AvgIpc) is 2.52. The largest absolute Gasteiger partial charge is 0.507 e. The lowest BCUT2D eigenvalue weighted by Gasteiger charge is -2.17. The first kappa shape index (κ1) is 16.0. The maximum atomic E-state index is 12.2. The van der Waals surface area contributed by atoms with Crippen molar-refractivity contribution in [3.63, 3.8) is 0 Å². The van der Waals surface area contributed by atoms with Gasteiger partial charge >= 0.3 is 0 Å². The van der Waals surface area contributed by atoms with Crippen LogP contribution < -0.4 is 0 Å². The third-order valence-corrected chi connectivity index (χ3v) is 3.61. The number of ketones is 1. The van der Waals surface area contributed by atoms with Gasteiger partial charge in [-0.05, 0) is 17.5 Å². The van der Waals surface area contributed by atoms with E-state index in [1.807, 2.05) is 30.3 Å². The van der Waals surface area contributed by atoms with Crippen LogP contribution in [0.15, 0.2) is 36.4 Å². The summed E-state index contributed by atoms with van der Waals surface area (Å²) in [5, 5.41) is 20.4. The Balaban J connectivity index is 2.72. The van der Waals surface area contributed by atoms with E-state index in [4.69, 9.17) is 4.74 Å². The number of rotatable bonds is 6. The van der Waals surface area contributed by atoms with Gasteiger partial charge in [0.2, 0.25) is 0 Å². The minimum Gasteiger partial charge on any atom is -0.507 e. The fraction of sp³-hybridized carbons (Fsp3) is 0.278. The second-order valence-corrected chi connectivity index (χ2v) is 5.03. The molecule has 116 valence electrons. The summed E-state index contributed by atoms with van der Waals surface area (Å²) in [4.78, 5) is 12.2. The Bertz CT molecular complexity index is 663. The molecule has 0 fully saturated rings. The van der Waals surface area contributed by atoms with Crippen LogP contribution in [0.1, 0.15) is 29.3 Å². The van der Waals surface area contributed by atoms with Gasteiger partial charge in [-0.3, -0.25) is 4.79 Å². The minimum absolute atomic E-state index is 0.0394. The van der Waals surface area contributed by atoms with Gasteiger partial charge in [-0.15, -0.1) is 0 Å². The summed E-state index contributed by atoms with van der Waals surface area (Å²) in [6.45, 7) is 2.14. The van der Waals surface area contributed by atoms with Crippen LogP contribution >= 0.6 is 0 Å². The lowest BCUT2D eigenvalue weighted by Crippen LogP contribution is -2.08. The van der Waals surface area contributed by atoms with Crippen molar-refractivity contribution in [1.29, 1.82) is 0 Å². The molecule has 0 spiro atoms. The fourth-order valence-corrected chi connectivity index (χ4v) is 2.58. The molecule has 0 unspecified atom stereocenters. The van der Waals surface area contributed by atoms with E-state index in [0.29, 0.717) is 24.2 Å². The van der Waals surface area contributed by atoms with E-state index in [1.54, 1.807) is 14.0 Å². The average molecular weight is 300 g/mol. The summed E-state index contributed by atoms with van der Waals surface area (Å²) >= 11 is 0. The Morgan fingerprint density at radius 1 is 1.14 bits per heavy atom. The van der Waals surface area contributed by atoms with Crippen LogP contribution in [0.2, 0.25) is 0 Å². The SMILES string of the molecule is CCC(=O)c1c(O)cc(O)c(-c2ccccc2)c1CCOC. The third kappa shape index (κ3) is 3.12. The molecule has 0 atom stereocenters. The number of carbonyl (C=O) groups is 1. The van der Waals surface area contributed by atoms with E-state index in [1.165, 1.54) is 6.07 Å². The van der Waals surface area contributed by atoms with Crippen molar-refractivity contribution in [2.75, 3.05) is 13.7 Å². The molecule has 0 radical (unpaired) electrons. The molecule has 2 rings (SSSR count). The standard InChI is InChI=1S/C18H20O4/c1-3-14(19)18-13(9-10-22-2)17(15(20)11-16(18)21)12-7-5-4-6-8-12/h4-8,11,20-21H,3,9-10H2,1-2H3. The van der Waals surface area contributed by atoms with Gasteiger partial charge in [-0.25, -0.2) is 0 Å². The minimum atomic E-state index is -0.185. The fourth-order valence-electron chi connectivity index (χ4n) is 2.58. The molecule has 0 heterocycles. The molecule has 4 nitrogen and oxygen atoms in total. The summed E-state index contributed by atoms with van der Waals surface area (Å²) in [6, 6.07) is 10.6. The number of aromatic hydroxyl groups is 2. The number of hydrogen-bond donors (Lipinski definition) is 2. The molecule has 2 aromatic carbocycles. The summed E-state index contributed by atoms with van der Waals surface area (Å²) in [5.74, 6) is -0.377. The molecule has 22 heavy (non-hydrogen) atoms. The summed E-state index contributed by atoms with van der Waals surface area (Å²) < 4.78 is 5.11. The molecular weight excluding hydrogens is 280 g/mol. The van der Waals surface area contributed by atoms with E-state index >= 15 is 0 Å². The second kappa shape index (κ2) is 7.09. The Morgan fingerprint density at radius 2 is 1.82 bits per heavy atom. The maximum absolute atomic E-state index is 12.2. The topological polar surface area (TPSA) is 66.8 Å². The summed E-state index contributed by atoms with van der Waals surface area (Å²) in [7, 11) is 1.58. The Morgan fingerprint density at radius 3 is 2.41 bits per heavy atom. The van der Waals surface area contributed by atoms with Gasteiger partial charge in [0.1, 0.15) is 11.5 Å². The smallest absolute Gasteiger partial charge is 0.166 e. The number of benzene rings is 2. The van der Waals surface area contributed by atoms with E-state index in [0.717, 1.165) is 5.56 Å². The highest BCUT2D eigenvalue weighted by atomic mass is 16.5. The van der Waals surface area contributed by atoms with Crippen molar-refractivity contribution in [2.45, 2.75) is 19.8 Å².